The van der Waals surface area contributed by atoms with Crippen molar-refractivity contribution in [2.45, 2.75) is 31.1 Å². The van der Waals surface area contributed by atoms with Gasteiger partial charge >= 0.3 is 0 Å². The van der Waals surface area contributed by atoms with E-state index in [0.717, 1.165) is 28.3 Å². The highest BCUT2D eigenvalue weighted by molar-refractivity contribution is 5.95. The molecule has 1 saturated heterocycles. The van der Waals surface area contributed by atoms with Crippen LogP contribution in [0.1, 0.15) is 29.6 Å². The Morgan fingerprint density at radius 3 is 2.32 bits per heavy atom. The van der Waals surface area contributed by atoms with Gasteiger partial charge in [0.1, 0.15) is 11.8 Å². The maximum atomic E-state index is 13.0. The molecule has 2 fully saturated rings. The average Bonchev–Trinajstić information content (AvgIpc) is 2.81. The molecule has 160 valence electrons. The van der Waals surface area contributed by atoms with Crippen molar-refractivity contribution in [3.8, 4) is 11.1 Å². The van der Waals surface area contributed by atoms with E-state index in [1.54, 1.807) is 6.20 Å². The van der Waals surface area contributed by atoms with E-state index in [1.807, 2.05) is 46.3 Å². The monoisotopic (exact) mass is 417 g/mol. The van der Waals surface area contributed by atoms with Gasteiger partial charge in [0.25, 0.3) is 5.91 Å². The van der Waals surface area contributed by atoms with E-state index >= 15 is 0 Å². The van der Waals surface area contributed by atoms with E-state index in [-0.39, 0.29) is 5.91 Å². The molecule has 3 aromatic rings. The number of aliphatic hydroxyl groups excluding tert-OH is 1. The Morgan fingerprint density at radius 1 is 0.935 bits per heavy atom. The second-order valence-corrected chi connectivity index (χ2v) is 8.67. The maximum Gasteiger partial charge on any atom is 0.253 e. The van der Waals surface area contributed by atoms with E-state index in [2.05, 4.69) is 23.2 Å². The molecule has 5 rings (SSSR count). The Kier molecular flexibility index (Phi) is 5.22. The lowest BCUT2D eigenvalue weighted by Crippen LogP contribution is -2.61. The Morgan fingerprint density at radius 2 is 1.65 bits per heavy atom. The number of nitrogens with zero attached hydrogens (tertiary/aromatic N) is 3. The molecule has 2 aliphatic rings. The molecule has 1 unspecified atom stereocenters. The van der Waals surface area contributed by atoms with Crippen LogP contribution in [-0.4, -0.2) is 68.9 Å². The summed E-state index contributed by atoms with van der Waals surface area (Å²) in [6, 6.07) is 16.0. The first kappa shape index (κ1) is 20.1. The number of benzene rings is 2. The first-order chi connectivity index (χ1) is 15.0. The van der Waals surface area contributed by atoms with Crippen LogP contribution in [0, 0.1) is 0 Å². The number of hydrogen-bond acceptors (Lipinski definition) is 5. The summed E-state index contributed by atoms with van der Waals surface area (Å²) < 4.78 is 0. The summed E-state index contributed by atoms with van der Waals surface area (Å²) in [4.78, 5) is 20.8. The van der Waals surface area contributed by atoms with Gasteiger partial charge < -0.3 is 15.1 Å². The van der Waals surface area contributed by atoms with E-state index in [4.69, 9.17) is 0 Å². The van der Waals surface area contributed by atoms with Gasteiger partial charge in [0.05, 0.1) is 0 Å². The third kappa shape index (κ3) is 3.82. The van der Waals surface area contributed by atoms with Crippen LogP contribution < -0.4 is 0 Å². The van der Waals surface area contributed by atoms with Crippen molar-refractivity contribution >= 4 is 16.7 Å². The lowest BCUT2D eigenvalue weighted by Gasteiger charge is -2.47. The fraction of sp³-hybridized carbons (Fsp3) is 0.360. The molecule has 6 nitrogen and oxygen atoms in total. The molecule has 2 aromatic carbocycles. The molecule has 1 saturated carbocycles. The fourth-order valence-electron chi connectivity index (χ4n) is 4.56. The van der Waals surface area contributed by atoms with Crippen LogP contribution in [0.4, 0.5) is 0 Å². The highest BCUT2D eigenvalue weighted by atomic mass is 16.4. The Hall–Kier alpha value is -2.80. The predicted octanol–water partition coefficient (Wildman–Crippen LogP) is 2.89. The summed E-state index contributed by atoms with van der Waals surface area (Å²) in [5.74, 6) is 0.00707. The summed E-state index contributed by atoms with van der Waals surface area (Å²) in [6.45, 7) is 2.23. The zero-order chi connectivity index (χ0) is 21.4. The van der Waals surface area contributed by atoms with Crippen LogP contribution in [0.5, 0.6) is 0 Å². The van der Waals surface area contributed by atoms with Crippen molar-refractivity contribution < 1.29 is 15.0 Å². The normalized spacial score (nSPS) is 19.7. The number of hydrogen-bond donors (Lipinski definition) is 2. The van der Waals surface area contributed by atoms with Crippen LogP contribution in [0.25, 0.3) is 21.9 Å². The van der Waals surface area contributed by atoms with Crippen LogP contribution in [0.2, 0.25) is 0 Å². The Balaban J connectivity index is 1.24. The standard InChI is InChI=1S/C25H27N3O3/c29-23(27-12-14-28(15-13-27)24(30)25(31)9-1-10-25)19-4-2-18(3-5-19)20-6-7-22-17-26-11-8-21(22)16-20/h2-8,11,16-17,24,30-31H,1,9-10,12-15H2. The Bertz CT molecular complexity index is 1090. The third-order valence-electron chi connectivity index (χ3n) is 6.75. The molecule has 0 radical (unpaired) electrons. The summed E-state index contributed by atoms with van der Waals surface area (Å²) >= 11 is 0. The fourth-order valence-corrected chi connectivity index (χ4v) is 4.56. The minimum Gasteiger partial charge on any atom is -0.386 e. The maximum absolute atomic E-state index is 13.0. The number of pyridine rings is 1. The van der Waals surface area contributed by atoms with Gasteiger partial charge in [-0.2, -0.15) is 0 Å². The van der Waals surface area contributed by atoms with Gasteiger partial charge in [-0.1, -0.05) is 24.3 Å². The van der Waals surface area contributed by atoms with Crippen LogP contribution in [0.3, 0.4) is 0 Å². The van der Waals surface area contributed by atoms with Gasteiger partial charge in [-0.05, 0) is 60.0 Å². The number of carbonyl (C=O) groups excluding carboxylic acids is 1. The van der Waals surface area contributed by atoms with Gasteiger partial charge in [0, 0.05) is 49.5 Å². The zero-order valence-electron chi connectivity index (χ0n) is 17.4. The molecule has 0 spiro atoms. The number of carbonyl (C=O) groups is 1. The highest BCUT2D eigenvalue weighted by Crippen LogP contribution is 2.36. The van der Waals surface area contributed by atoms with Crippen molar-refractivity contribution in [3.63, 3.8) is 0 Å². The van der Waals surface area contributed by atoms with E-state index in [0.29, 0.717) is 44.6 Å². The summed E-state index contributed by atoms with van der Waals surface area (Å²) in [7, 11) is 0. The van der Waals surface area contributed by atoms with Crippen LogP contribution in [0.15, 0.2) is 60.9 Å². The molecule has 1 amide bonds. The van der Waals surface area contributed by atoms with Gasteiger partial charge in [-0.15, -0.1) is 0 Å². The van der Waals surface area contributed by atoms with Crippen molar-refractivity contribution in [1.29, 1.82) is 0 Å². The average molecular weight is 418 g/mol. The van der Waals surface area contributed by atoms with E-state index in [9.17, 15) is 15.0 Å². The number of aliphatic hydroxyl groups is 2. The number of fused-ring (bicyclic) bond motifs is 1. The van der Waals surface area contributed by atoms with Crippen molar-refractivity contribution in [1.82, 2.24) is 14.8 Å². The van der Waals surface area contributed by atoms with Gasteiger partial charge in [0.15, 0.2) is 0 Å². The zero-order valence-corrected chi connectivity index (χ0v) is 17.4. The highest BCUT2D eigenvalue weighted by Gasteiger charge is 2.45. The summed E-state index contributed by atoms with van der Waals surface area (Å²) in [5.41, 5.74) is 1.87. The second kappa shape index (κ2) is 8.04. The van der Waals surface area contributed by atoms with E-state index < -0.39 is 11.8 Å². The van der Waals surface area contributed by atoms with E-state index in [1.165, 1.54) is 0 Å². The minimum atomic E-state index is -0.971. The molecule has 1 aliphatic heterocycles. The number of rotatable bonds is 4. The third-order valence-corrected chi connectivity index (χ3v) is 6.75. The largest absolute Gasteiger partial charge is 0.386 e. The van der Waals surface area contributed by atoms with Crippen LogP contribution >= 0.6 is 0 Å². The molecular formula is C25H27N3O3. The lowest BCUT2D eigenvalue weighted by molar-refractivity contribution is -0.190. The molecule has 2 N–H and O–H groups in total. The minimum absolute atomic E-state index is 0.00707. The SMILES string of the molecule is O=C(c1ccc(-c2ccc3cnccc3c2)cc1)N1CCN(C(O)C2(O)CCC2)CC1. The smallest absolute Gasteiger partial charge is 0.253 e. The second-order valence-electron chi connectivity index (χ2n) is 8.67. The molecule has 1 aliphatic carbocycles. The van der Waals surface area contributed by atoms with Gasteiger partial charge in [-0.25, -0.2) is 0 Å². The molecule has 0 bridgehead atoms. The molecule has 6 heteroatoms. The lowest BCUT2D eigenvalue weighted by atomic mass is 9.78. The topological polar surface area (TPSA) is 76.9 Å². The number of amides is 1. The molecule has 1 atom stereocenters. The summed E-state index contributed by atoms with van der Waals surface area (Å²) in [6.07, 6.45) is 5.06. The first-order valence-corrected chi connectivity index (χ1v) is 10.9. The predicted molar refractivity (Wildman–Crippen MR) is 119 cm³/mol. The van der Waals surface area contributed by atoms with Crippen molar-refractivity contribution in [3.05, 3.63) is 66.5 Å². The molecular weight excluding hydrogens is 390 g/mol. The van der Waals surface area contributed by atoms with Crippen molar-refractivity contribution in [2.24, 2.45) is 0 Å². The van der Waals surface area contributed by atoms with Gasteiger partial charge in [-0.3, -0.25) is 14.7 Å². The van der Waals surface area contributed by atoms with Gasteiger partial charge in [0.2, 0.25) is 0 Å². The molecule has 2 heterocycles. The molecule has 1 aromatic heterocycles. The first-order valence-electron chi connectivity index (χ1n) is 10.9. The summed E-state index contributed by atoms with van der Waals surface area (Å²) in [5, 5.41) is 23.1. The quantitative estimate of drug-likeness (QED) is 0.683. The van der Waals surface area contributed by atoms with Crippen molar-refractivity contribution in [2.75, 3.05) is 26.2 Å². The van der Waals surface area contributed by atoms with Crippen LogP contribution in [-0.2, 0) is 0 Å². The Labute approximate surface area is 181 Å². The number of aromatic nitrogens is 1. The molecule has 31 heavy (non-hydrogen) atoms. The number of piperazine rings is 1.